The van der Waals surface area contributed by atoms with Crippen LogP contribution in [-0.4, -0.2) is 68.8 Å². The molecule has 2 aromatic rings. The Kier molecular flexibility index (Phi) is 11.6. The van der Waals surface area contributed by atoms with Crippen LogP contribution in [0.5, 0.6) is 0 Å². The van der Waals surface area contributed by atoms with Crippen LogP contribution in [0.2, 0.25) is 0 Å². The van der Waals surface area contributed by atoms with Crippen molar-refractivity contribution < 1.29 is 36.3 Å². The van der Waals surface area contributed by atoms with Crippen LogP contribution in [0.3, 0.4) is 0 Å². The molecule has 1 aliphatic carbocycles. The van der Waals surface area contributed by atoms with E-state index >= 15 is 0 Å². The van der Waals surface area contributed by atoms with E-state index in [2.05, 4.69) is 25.2 Å². The van der Waals surface area contributed by atoms with Gasteiger partial charge in [0.05, 0.1) is 22.3 Å². The number of hydrogen-bond donors (Lipinski definition) is 4. The number of alkyl halides is 3. The normalized spacial score (nSPS) is 17.0. The quantitative estimate of drug-likeness (QED) is 0.341. The van der Waals surface area contributed by atoms with Gasteiger partial charge >= 0.3 is 12.1 Å². The Morgan fingerprint density at radius 3 is 2.26 bits per heavy atom. The first kappa shape index (κ1) is 33.1. The summed E-state index contributed by atoms with van der Waals surface area (Å²) in [6, 6.07) is 8.80. The van der Waals surface area contributed by atoms with E-state index in [-0.39, 0.29) is 22.5 Å². The number of carboxylic acids is 1. The number of hydrogen-bond acceptors (Lipinski definition) is 7. The average molecular weight is 614 g/mol. The Labute approximate surface area is 244 Å². The van der Waals surface area contributed by atoms with E-state index in [0.717, 1.165) is 45.4 Å². The zero-order chi connectivity index (χ0) is 30.9. The van der Waals surface area contributed by atoms with Gasteiger partial charge in [-0.25, -0.2) is 18.2 Å². The molecule has 0 bridgehead atoms. The number of carboxylic acid groups (broad SMARTS) is 1. The number of pyridine rings is 1. The van der Waals surface area contributed by atoms with E-state index in [4.69, 9.17) is 9.90 Å². The fourth-order valence-corrected chi connectivity index (χ4v) is 5.82. The molecular formula is C28H38F3N5O5S. The minimum atomic E-state index is -5.08. The number of rotatable bonds is 8. The molecule has 1 atom stereocenters. The third kappa shape index (κ3) is 9.31. The Morgan fingerprint density at radius 2 is 1.71 bits per heavy atom. The van der Waals surface area contributed by atoms with Gasteiger partial charge in [0.15, 0.2) is 0 Å². The van der Waals surface area contributed by atoms with Gasteiger partial charge in [-0.15, -0.1) is 0 Å². The van der Waals surface area contributed by atoms with Crippen molar-refractivity contribution in [3.63, 3.8) is 0 Å². The maximum absolute atomic E-state index is 13.1. The summed E-state index contributed by atoms with van der Waals surface area (Å²) in [6.07, 6.45) is 3.28. The van der Waals surface area contributed by atoms with E-state index in [9.17, 15) is 26.4 Å². The first-order valence-corrected chi connectivity index (χ1v) is 15.5. The Balaban J connectivity index is 0.000000616. The average Bonchev–Trinajstić information content (AvgIpc) is 2.97. The number of nitrogens with zero attached hydrogens (tertiary/aromatic N) is 2. The van der Waals surface area contributed by atoms with E-state index in [1.54, 1.807) is 18.2 Å². The van der Waals surface area contributed by atoms with E-state index in [1.807, 2.05) is 26.0 Å². The molecule has 1 aromatic heterocycles. The summed E-state index contributed by atoms with van der Waals surface area (Å²) < 4.78 is 60.6. The molecule has 232 valence electrons. The maximum Gasteiger partial charge on any atom is 0.490 e. The van der Waals surface area contributed by atoms with Crippen LogP contribution in [-0.2, 0) is 14.8 Å². The number of benzene rings is 1. The second kappa shape index (κ2) is 14.7. The van der Waals surface area contributed by atoms with Gasteiger partial charge in [0.2, 0.25) is 0 Å². The molecule has 2 aliphatic rings. The Bertz CT molecular complexity index is 1310. The van der Waals surface area contributed by atoms with Crippen LogP contribution in [0.1, 0.15) is 74.2 Å². The molecule has 2 fully saturated rings. The molecular weight excluding hydrogens is 575 g/mol. The molecule has 1 aliphatic heterocycles. The van der Waals surface area contributed by atoms with Gasteiger partial charge in [-0.3, -0.25) is 9.52 Å². The highest BCUT2D eigenvalue weighted by atomic mass is 32.2. The summed E-state index contributed by atoms with van der Waals surface area (Å²) >= 11 is 0. The smallest absolute Gasteiger partial charge is 0.475 e. The fourth-order valence-electron chi connectivity index (χ4n) is 4.78. The van der Waals surface area contributed by atoms with Gasteiger partial charge in [-0.2, -0.15) is 13.2 Å². The highest BCUT2D eigenvalue weighted by Crippen LogP contribution is 2.33. The molecule has 1 saturated carbocycles. The third-order valence-electron chi connectivity index (χ3n) is 7.28. The maximum atomic E-state index is 13.1. The first-order chi connectivity index (χ1) is 19.8. The van der Waals surface area contributed by atoms with Gasteiger partial charge < -0.3 is 20.6 Å². The molecule has 2 heterocycles. The number of aliphatic carboxylic acids is 1. The number of carbonyl (C=O) groups is 2. The largest absolute Gasteiger partial charge is 0.490 e. The van der Waals surface area contributed by atoms with Crippen LogP contribution in [0.4, 0.5) is 24.7 Å². The predicted molar refractivity (Wildman–Crippen MR) is 153 cm³/mol. The summed E-state index contributed by atoms with van der Waals surface area (Å²) in [5.41, 5.74) is 1.85. The summed E-state index contributed by atoms with van der Waals surface area (Å²) in [5, 5.41) is 13.4. The highest BCUT2D eigenvalue weighted by molar-refractivity contribution is 7.92. The van der Waals surface area contributed by atoms with Crippen LogP contribution in [0.15, 0.2) is 41.4 Å². The van der Waals surface area contributed by atoms with Crippen LogP contribution >= 0.6 is 0 Å². The molecule has 0 radical (unpaired) electrons. The number of sulfonamides is 1. The Hall–Kier alpha value is -3.39. The van der Waals surface area contributed by atoms with Crippen molar-refractivity contribution in [2.75, 3.05) is 35.8 Å². The zero-order valence-electron chi connectivity index (χ0n) is 23.7. The highest BCUT2D eigenvalue weighted by Gasteiger charge is 2.38. The summed E-state index contributed by atoms with van der Waals surface area (Å²) in [4.78, 5) is 28.8. The topological polar surface area (TPSA) is 141 Å². The minimum Gasteiger partial charge on any atom is -0.475 e. The van der Waals surface area contributed by atoms with Gasteiger partial charge in [-0.05, 0) is 55.9 Å². The monoisotopic (exact) mass is 613 g/mol. The molecule has 1 unspecified atom stereocenters. The molecule has 4 N–H and O–H groups in total. The molecule has 4 rings (SSSR count). The lowest BCUT2D eigenvalue weighted by atomic mass is 9.84. The van der Waals surface area contributed by atoms with Crippen molar-refractivity contribution in [3.8, 4) is 0 Å². The van der Waals surface area contributed by atoms with Gasteiger partial charge in [0.25, 0.3) is 15.9 Å². The molecule has 0 spiro atoms. The molecule has 10 nitrogen and oxygen atoms in total. The van der Waals surface area contributed by atoms with E-state index < -0.39 is 22.2 Å². The molecule has 1 amide bonds. The lowest BCUT2D eigenvalue weighted by Gasteiger charge is -2.30. The van der Waals surface area contributed by atoms with E-state index in [0.29, 0.717) is 17.3 Å². The van der Waals surface area contributed by atoms with Crippen molar-refractivity contribution in [1.82, 2.24) is 15.6 Å². The number of carbonyl (C=O) groups excluding carboxylic acids is 1. The summed E-state index contributed by atoms with van der Waals surface area (Å²) in [7, 11) is -3.81. The molecule has 42 heavy (non-hydrogen) atoms. The van der Waals surface area contributed by atoms with Gasteiger partial charge in [0, 0.05) is 32.2 Å². The second-order valence-corrected chi connectivity index (χ2v) is 12.1. The molecule has 1 aromatic carbocycles. The third-order valence-corrected chi connectivity index (χ3v) is 8.68. The first-order valence-electron chi connectivity index (χ1n) is 14.0. The van der Waals surface area contributed by atoms with Crippen molar-refractivity contribution in [1.29, 1.82) is 0 Å². The van der Waals surface area contributed by atoms with Crippen molar-refractivity contribution in [2.24, 2.45) is 0 Å². The van der Waals surface area contributed by atoms with Crippen molar-refractivity contribution in [2.45, 2.75) is 75.4 Å². The van der Waals surface area contributed by atoms with Crippen LogP contribution in [0.25, 0.3) is 0 Å². The summed E-state index contributed by atoms with van der Waals surface area (Å²) in [5.74, 6) is -1.92. The zero-order valence-corrected chi connectivity index (χ0v) is 24.5. The lowest BCUT2D eigenvalue weighted by Crippen LogP contribution is -2.45. The van der Waals surface area contributed by atoms with Crippen LogP contribution < -0.4 is 20.3 Å². The Morgan fingerprint density at radius 1 is 1.12 bits per heavy atom. The van der Waals surface area contributed by atoms with E-state index in [1.165, 1.54) is 31.0 Å². The number of piperazine rings is 1. The SMILES string of the molecule is CCC(C)NC(=O)c1cc(NS(=O)(=O)c2ccc(C3CCCCC3)cc2)cnc1N1CCNCC1.O=C(O)C(F)(F)F. The number of halogens is 3. The summed E-state index contributed by atoms with van der Waals surface area (Å²) in [6.45, 7) is 7.02. The predicted octanol–water partition coefficient (Wildman–Crippen LogP) is 4.50. The van der Waals surface area contributed by atoms with Crippen molar-refractivity contribution in [3.05, 3.63) is 47.7 Å². The second-order valence-electron chi connectivity index (χ2n) is 10.4. The molecule has 14 heteroatoms. The fraction of sp³-hybridized carbons (Fsp3) is 0.536. The van der Waals surface area contributed by atoms with Crippen LogP contribution in [0, 0.1) is 0 Å². The van der Waals surface area contributed by atoms with Gasteiger partial charge in [0.1, 0.15) is 5.82 Å². The standard InChI is InChI=1S/C26H37N5O3S.C2HF3O2/c1-3-19(2)29-26(32)24-17-22(18-28-25(24)31-15-13-27-14-16-31)30-35(33,34)23-11-9-21(10-12-23)20-7-5-4-6-8-20;3-2(4,5)1(6)7/h9-12,17-20,27,30H,3-8,13-16H2,1-2H3,(H,29,32);(H,6,7). The number of amides is 1. The van der Waals surface area contributed by atoms with Gasteiger partial charge in [-0.1, -0.05) is 38.3 Å². The number of anilines is 2. The molecule has 1 saturated heterocycles. The number of aromatic nitrogens is 1. The minimum absolute atomic E-state index is 0.00130. The number of nitrogens with one attached hydrogen (secondary N) is 3. The van der Waals surface area contributed by atoms with Crippen molar-refractivity contribution >= 4 is 33.4 Å². The lowest BCUT2D eigenvalue weighted by molar-refractivity contribution is -0.192.